The summed E-state index contributed by atoms with van der Waals surface area (Å²) in [5.74, 6) is 1.56. The third-order valence-electron chi connectivity index (χ3n) is 5.21. The molecule has 1 aromatic heterocycles. The van der Waals surface area contributed by atoms with Gasteiger partial charge in [0.15, 0.2) is 5.96 Å². The van der Waals surface area contributed by atoms with Crippen molar-refractivity contribution < 1.29 is 0 Å². The summed E-state index contributed by atoms with van der Waals surface area (Å²) in [6, 6.07) is 8.15. The molecule has 0 spiro atoms. The van der Waals surface area contributed by atoms with Gasteiger partial charge in [0, 0.05) is 48.7 Å². The van der Waals surface area contributed by atoms with E-state index in [-0.39, 0.29) is 0 Å². The third-order valence-corrected chi connectivity index (χ3v) is 6.55. The van der Waals surface area contributed by atoms with Gasteiger partial charge in [-0.15, -0.1) is 11.3 Å². The van der Waals surface area contributed by atoms with E-state index >= 15 is 0 Å². The second kappa shape index (κ2) is 11.5. The van der Waals surface area contributed by atoms with Crippen LogP contribution < -0.4 is 10.6 Å². The van der Waals surface area contributed by atoms with Crippen LogP contribution in [0, 0.1) is 12.8 Å². The Balaban J connectivity index is 1.41. The van der Waals surface area contributed by atoms with E-state index < -0.39 is 0 Å². The fraction of sp³-hybridized carbons (Fsp3) is 0.545. The Bertz CT molecular complexity index is 783. The number of benzene rings is 1. The molecule has 0 aliphatic carbocycles. The molecule has 0 unspecified atom stereocenters. The smallest absolute Gasteiger partial charge is 0.191 e. The molecule has 0 saturated carbocycles. The molecule has 0 atom stereocenters. The van der Waals surface area contributed by atoms with Gasteiger partial charge in [-0.1, -0.05) is 29.8 Å². The van der Waals surface area contributed by atoms with Crippen LogP contribution in [0.1, 0.15) is 35.2 Å². The molecule has 2 aromatic rings. The molecule has 1 aromatic carbocycles. The predicted octanol–water partition coefficient (Wildman–Crippen LogP) is 4.11. The van der Waals surface area contributed by atoms with Crippen LogP contribution in [0.5, 0.6) is 0 Å². The second-order valence-electron chi connectivity index (χ2n) is 7.57. The van der Waals surface area contributed by atoms with Crippen molar-refractivity contribution in [3.63, 3.8) is 0 Å². The summed E-state index contributed by atoms with van der Waals surface area (Å²) in [4.78, 5) is 13.0. The lowest BCUT2D eigenvalue weighted by molar-refractivity contribution is 0.180. The van der Waals surface area contributed by atoms with Crippen LogP contribution in [0.4, 0.5) is 0 Å². The lowest BCUT2D eigenvalue weighted by Gasteiger charge is -2.31. The van der Waals surface area contributed by atoms with Gasteiger partial charge < -0.3 is 10.6 Å². The third kappa shape index (κ3) is 7.28. The van der Waals surface area contributed by atoms with Crippen LogP contribution >= 0.6 is 22.9 Å². The van der Waals surface area contributed by atoms with E-state index in [4.69, 9.17) is 16.6 Å². The highest BCUT2D eigenvalue weighted by atomic mass is 35.5. The number of piperidine rings is 1. The van der Waals surface area contributed by atoms with E-state index in [2.05, 4.69) is 46.5 Å². The zero-order chi connectivity index (χ0) is 20.5. The van der Waals surface area contributed by atoms with Gasteiger partial charge >= 0.3 is 0 Å². The first kappa shape index (κ1) is 22.1. The van der Waals surface area contributed by atoms with Gasteiger partial charge in [-0.2, -0.15) is 0 Å². The maximum atomic E-state index is 6.31. The molecular formula is C22H32ClN5S. The quantitative estimate of drug-likeness (QED) is 0.485. The van der Waals surface area contributed by atoms with Crippen molar-refractivity contribution in [1.82, 2.24) is 20.5 Å². The monoisotopic (exact) mass is 433 g/mol. The first-order chi connectivity index (χ1) is 14.1. The van der Waals surface area contributed by atoms with Gasteiger partial charge in [-0.05, 0) is 57.3 Å². The Morgan fingerprint density at radius 1 is 1.28 bits per heavy atom. The standard InChI is InChI=1S/C22H32ClN5S/c1-3-24-22(25-11-8-21-26-14-17(2)29-21)27-15-18-9-12-28(13-10-18)16-19-6-4-5-7-20(19)23/h4-7,14,18H,3,8-13,15-16H2,1-2H3,(H2,24,25,27). The molecule has 3 rings (SSSR count). The Morgan fingerprint density at radius 2 is 2.07 bits per heavy atom. The van der Waals surface area contributed by atoms with E-state index in [1.54, 1.807) is 11.3 Å². The normalized spacial score (nSPS) is 16.2. The largest absolute Gasteiger partial charge is 0.357 e. The van der Waals surface area contributed by atoms with Crippen LogP contribution in [0.25, 0.3) is 0 Å². The molecule has 1 saturated heterocycles. The average Bonchev–Trinajstić information content (AvgIpc) is 3.14. The molecular weight excluding hydrogens is 402 g/mol. The van der Waals surface area contributed by atoms with Crippen molar-refractivity contribution in [3.8, 4) is 0 Å². The molecule has 29 heavy (non-hydrogen) atoms. The number of likely N-dealkylation sites (tertiary alicyclic amines) is 1. The molecule has 1 fully saturated rings. The Kier molecular flexibility index (Phi) is 8.77. The maximum absolute atomic E-state index is 6.31. The average molecular weight is 434 g/mol. The molecule has 2 N–H and O–H groups in total. The van der Waals surface area contributed by atoms with E-state index in [0.717, 1.165) is 56.7 Å². The summed E-state index contributed by atoms with van der Waals surface area (Å²) < 4.78 is 0. The zero-order valence-corrected chi connectivity index (χ0v) is 19.0. The SMILES string of the molecule is CCNC(=NCC1CCN(Cc2ccccc2Cl)CC1)NCCc1ncc(C)s1. The number of halogens is 1. The van der Waals surface area contributed by atoms with Gasteiger partial charge in [0.25, 0.3) is 0 Å². The van der Waals surface area contributed by atoms with E-state index in [1.807, 2.05) is 18.3 Å². The summed E-state index contributed by atoms with van der Waals surface area (Å²) in [5, 5.41) is 8.85. The number of nitrogens with one attached hydrogen (secondary N) is 2. The first-order valence-electron chi connectivity index (χ1n) is 10.5. The molecule has 0 amide bonds. The summed E-state index contributed by atoms with van der Waals surface area (Å²) in [5.41, 5.74) is 1.22. The topological polar surface area (TPSA) is 52.6 Å². The van der Waals surface area contributed by atoms with E-state index in [0.29, 0.717) is 5.92 Å². The molecule has 0 bridgehead atoms. The van der Waals surface area contributed by atoms with Crippen molar-refractivity contribution in [2.45, 2.75) is 39.7 Å². The highest BCUT2D eigenvalue weighted by Crippen LogP contribution is 2.22. The van der Waals surface area contributed by atoms with Crippen molar-refractivity contribution in [2.24, 2.45) is 10.9 Å². The molecule has 0 radical (unpaired) electrons. The number of rotatable bonds is 8. The summed E-state index contributed by atoms with van der Waals surface area (Å²) >= 11 is 8.07. The minimum Gasteiger partial charge on any atom is -0.357 e. The number of thiazole rings is 1. The number of guanidine groups is 1. The van der Waals surface area contributed by atoms with E-state index in [1.165, 1.54) is 28.3 Å². The number of aliphatic imine (C=N–C) groups is 1. The lowest BCUT2D eigenvalue weighted by atomic mass is 9.96. The molecule has 7 heteroatoms. The predicted molar refractivity (Wildman–Crippen MR) is 124 cm³/mol. The van der Waals surface area contributed by atoms with Gasteiger partial charge in [0.05, 0.1) is 5.01 Å². The van der Waals surface area contributed by atoms with Crippen LogP contribution in [-0.2, 0) is 13.0 Å². The second-order valence-corrected chi connectivity index (χ2v) is 9.30. The number of hydrogen-bond donors (Lipinski definition) is 2. The van der Waals surface area contributed by atoms with Crippen LogP contribution in [-0.4, -0.2) is 48.6 Å². The molecule has 158 valence electrons. The van der Waals surface area contributed by atoms with Crippen molar-refractivity contribution in [2.75, 3.05) is 32.7 Å². The number of aromatic nitrogens is 1. The highest BCUT2D eigenvalue weighted by Gasteiger charge is 2.19. The first-order valence-corrected chi connectivity index (χ1v) is 11.7. The van der Waals surface area contributed by atoms with E-state index in [9.17, 15) is 0 Å². The van der Waals surface area contributed by atoms with Gasteiger partial charge in [0.2, 0.25) is 0 Å². The molecule has 5 nitrogen and oxygen atoms in total. The van der Waals surface area contributed by atoms with Gasteiger partial charge in [0.1, 0.15) is 0 Å². The summed E-state index contributed by atoms with van der Waals surface area (Å²) in [7, 11) is 0. The Labute approximate surface area is 183 Å². The van der Waals surface area contributed by atoms with Crippen molar-refractivity contribution in [3.05, 3.63) is 50.9 Å². The minimum atomic E-state index is 0.648. The number of hydrogen-bond acceptors (Lipinski definition) is 4. The Morgan fingerprint density at radius 3 is 2.76 bits per heavy atom. The van der Waals surface area contributed by atoms with Gasteiger partial charge in [-0.3, -0.25) is 9.89 Å². The summed E-state index contributed by atoms with van der Waals surface area (Å²) in [6.45, 7) is 9.97. The van der Waals surface area contributed by atoms with Crippen LogP contribution in [0.2, 0.25) is 5.02 Å². The van der Waals surface area contributed by atoms with Crippen LogP contribution in [0.15, 0.2) is 35.5 Å². The molecule has 2 heterocycles. The van der Waals surface area contributed by atoms with Crippen molar-refractivity contribution >= 4 is 28.9 Å². The lowest BCUT2D eigenvalue weighted by Crippen LogP contribution is -2.39. The van der Waals surface area contributed by atoms with Crippen molar-refractivity contribution in [1.29, 1.82) is 0 Å². The number of nitrogens with zero attached hydrogens (tertiary/aromatic N) is 3. The molecule has 1 aliphatic heterocycles. The van der Waals surface area contributed by atoms with Crippen LogP contribution in [0.3, 0.4) is 0 Å². The minimum absolute atomic E-state index is 0.648. The van der Waals surface area contributed by atoms with Gasteiger partial charge in [-0.25, -0.2) is 4.98 Å². The Hall–Kier alpha value is -1.63. The molecule has 1 aliphatic rings. The maximum Gasteiger partial charge on any atom is 0.191 e. The fourth-order valence-corrected chi connectivity index (χ4v) is 4.54. The number of aryl methyl sites for hydroxylation is 1. The summed E-state index contributed by atoms with van der Waals surface area (Å²) in [6.07, 6.45) is 5.25. The fourth-order valence-electron chi connectivity index (χ4n) is 3.56. The highest BCUT2D eigenvalue weighted by molar-refractivity contribution is 7.11. The zero-order valence-electron chi connectivity index (χ0n) is 17.5.